The second-order valence-electron chi connectivity index (χ2n) is 5.75. The van der Waals surface area contributed by atoms with Crippen LogP contribution in [0.1, 0.15) is 45.4 Å². The first-order chi connectivity index (χ1) is 7.79. The van der Waals surface area contributed by atoms with E-state index in [1.165, 1.54) is 25.7 Å². The molecule has 3 heteroatoms. The molecule has 0 aromatic rings. The Labute approximate surface area is 97.6 Å². The number of hydrogen-bond acceptors (Lipinski definition) is 2. The SMILES string of the molecule is CCCC1NCN(C2CC3CCC2C3)C1=O. The lowest BCUT2D eigenvalue weighted by Gasteiger charge is -2.30. The molecule has 0 aromatic heterocycles. The largest absolute Gasteiger partial charge is 0.325 e. The van der Waals surface area contributed by atoms with Gasteiger partial charge in [-0.15, -0.1) is 0 Å². The fourth-order valence-electron chi connectivity index (χ4n) is 3.96. The molecule has 2 bridgehead atoms. The Morgan fingerprint density at radius 2 is 2.25 bits per heavy atom. The zero-order valence-corrected chi connectivity index (χ0v) is 10.1. The van der Waals surface area contributed by atoms with E-state index in [-0.39, 0.29) is 6.04 Å². The number of nitrogens with zero attached hydrogens (tertiary/aromatic N) is 1. The molecular formula is C13H22N2O. The summed E-state index contributed by atoms with van der Waals surface area (Å²) in [5, 5.41) is 3.37. The predicted molar refractivity (Wildman–Crippen MR) is 62.8 cm³/mol. The van der Waals surface area contributed by atoms with Crippen molar-refractivity contribution in [1.82, 2.24) is 10.2 Å². The van der Waals surface area contributed by atoms with Gasteiger partial charge in [0.15, 0.2) is 0 Å². The summed E-state index contributed by atoms with van der Waals surface area (Å²) in [7, 11) is 0. The van der Waals surface area contributed by atoms with Crippen LogP contribution in [-0.2, 0) is 4.79 Å². The van der Waals surface area contributed by atoms with E-state index in [0.29, 0.717) is 11.9 Å². The number of rotatable bonds is 3. The molecule has 0 radical (unpaired) electrons. The van der Waals surface area contributed by atoms with Gasteiger partial charge in [-0.3, -0.25) is 10.1 Å². The third kappa shape index (κ3) is 1.56. The summed E-state index contributed by atoms with van der Waals surface area (Å²) in [4.78, 5) is 14.4. The Bertz CT molecular complexity index is 292. The Morgan fingerprint density at radius 3 is 2.88 bits per heavy atom. The minimum Gasteiger partial charge on any atom is -0.325 e. The molecule has 3 nitrogen and oxygen atoms in total. The summed E-state index contributed by atoms with van der Waals surface area (Å²) in [5.41, 5.74) is 0. The Morgan fingerprint density at radius 1 is 1.38 bits per heavy atom. The van der Waals surface area contributed by atoms with Crippen molar-refractivity contribution >= 4 is 5.91 Å². The third-order valence-corrected chi connectivity index (χ3v) is 4.77. The lowest BCUT2D eigenvalue weighted by molar-refractivity contribution is -0.131. The molecule has 90 valence electrons. The van der Waals surface area contributed by atoms with Crippen LogP contribution in [0, 0.1) is 11.8 Å². The van der Waals surface area contributed by atoms with Crippen molar-refractivity contribution in [2.24, 2.45) is 11.8 Å². The van der Waals surface area contributed by atoms with Crippen molar-refractivity contribution in [3.63, 3.8) is 0 Å². The van der Waals surface area contributed by atoms with Gasteiger partial charge in [0.1, 0.15) is 0 Å². The van der Waals surface area contributed by atoms with Crippen molar-refractivity contribution in [2.75, 3.05) is 6.67 Å². The zero-order chi connectivity index (χ0) is 11.1. The smallest absolute Gasteiger partial charge is 0.241 e. The Hall–Kier alpha value is -0.570. The summed E-state index contributed by atoms with van der Waals surface area (Å²) in [5.74, 6) is 2.11. The van der Waals surface area contributed by atoms with Crippen molar-refractivity contribution in [3.8, 4) is 0 Å². The highest BCUT2D eigenvalue weighted by atomic mass is 16.2. The fraction of sp³-hybridized carbons (Fsp3) is 0.923. The summed E-state index contributed by atoms with van der Waals surface area (Å²) in [6, 6.07) is 0.685. The van der Waals surface area contributed by atoms with E-state index in [2.05, 4.69) is 17.1 Å². The van der Waals surface area contributed by atoms with E-state index >= 15 is 0 Å². The highest BCUT2D eigenvalue weighted by Crippen LogP contribution is 2.47. The number of fused-ring (bicyclic) bond motifs is 2. The van der Waals surface area contributed by atoms with Gasteiger partial charge in [0.25, 0.3) is 0 Å². The van der Waals surface area contributed by atoms with E-state index in [9.17, 15) is 4.79 Å². The average molecular weight is 222 g/mol. The fourth-order valence-corrected chi connectivity index (χ4v) is 3.96. The number of amides is 1. The molecule has 4 unspecified atom stereocenters. The van der Waals surface area contributed by atoms with Crippen molar-refractivity contribution in [2.45, 2.75) is 57.5 Å². The maximum Gasteiger partial charge on any atom is 0.241 e. The van der Waals surface area contributed by atoms with Crippen LogP contribution < -0.4 is 5.32 Å². The molecule has 3 fully saturated rings. The van der Waals surface area contributed by atoms with E-state index in [0.717, 1.165) is 31.3 Å². The number of hydrogen-bond donors (Lipinski definition) is 1. The first-order valence-electron chi connectivity index (χ1n) is 6.83. The summed E-state index contributed by atoms with van der Waals surface area (Å²) in [6.07, 6.45) is 7.51. The minimum absolute atomic E-state index is 0.115. The second kappa shape index (κ2) is 4.02. The van der Waals surface area contributed by atoms with Gasteiger partial charge >= 0.3 is 0 Å². The topological polar surface area (TPSA) is 32.3 Å². The van der Waals surface area contributed by atoms with E-state index < -0.39 is 0 Å². The van der Waals surface area contributed by atoms with Crippen LogP contribution in [0.4, 0.5) is 0 Å². The van der Waals surface area contributed by atoms with E-state index in [1.807, 2.05) is 0 Å². The summed E-state index contributed by atoms with van der Waals surface area (Å²) < 4.78 is 0. The molecule has 1 aliphatic heterocycles. The molecule has 0 aromatic carbocycles. The van der Waals surface area contributed by atoms with Crippen LogP contribution in [0.15, 0.2) is 0 Å². The van der Waals surface area contributed by atoms with Gasteiger partial charge in [-0.1, -0.05) is 19.8 Å². The van der Waals surface area contributed by atoms with Gasteiger partial charge in [0.2, 0.25) is 5.91 Å². The van der Waals surface area contributed by atoms with Crippen LogP contribution in [0.25, 0.3) is 0 Å². The van der Waals surface area contributed by atoms with Crippen LogP contribution in [0.2, 0.25) is 0 Å². The normalized spacial score (nSPS) is 42.3. The molecular weight excluding hydrogens is 200 g/mol. The van der Waals surface area contributed by atoms with E-state index in [1.54, 1.807) is 0 Å². The molecule has 1 saturated heterocycles. The van der Waals surface area contributed by atoms with Crippen molar-refractivity contribution < 1.29 is 4.79 Å². The first-order valence-corrected chi connectivity index (χ1v) is 6.83. The maximum atomic E-state index is 12.2. The minimum atomic E-state index is 0.115. The monoisotopic (exact) mass is 222 g/mol. The first kappa shape index (κ1) is 10.6. The Balaban J connectivity index is 1.66. The lowest BCUT2D eigenvalue weighted by Crippen LogP contribution is -2.41. The molecule has 1 amide bonds. The van der Waals surface area contributed by atoms with Gasteiger partial charge in [0, 0.05) is 6.04 Å². The van der Waals surface area contributed by atoms with Crippen LogP contribution in [0.5, 0.6) is 0 Å². The quantitative estimate of drug-likeness (QED) is 0.789. The van der Waals surface area contributed by atoms with Gasteiger partial charge in [-0.05, 0) is 37.5 Å². The van der Waals surface area contributed by atoms with Gasteiger partial charge in [0.05, 0.1) is 12.7 Å². The van der Waals surface area contributed by atoms with Gasteiger partial charge in [-0.2, -0.15) is 0 Å². The molecule has 3 aliphatic rings. The zero-order valence-electron chi connectivity index (χ0n) is 10.1. The van der Waals surface area contributed by atoms with Gasteiger partial charge in [-0.25, -0.2) is 0 Å². The van der Waals surface area contributed by atoms with Crippen LogP contribution in [-0.4, -0.2) is 29.6 Å². The van der Waals surface area contributed by atoms with Crippen molar-refractivity contribution in [3.05, 3.63) is 0 Å². The average Bonchev–Trinajstić information content (AvgIpc) is 2.95. The highest BCUT2D eigenvalue weighted by molar-refractivity contribution is 5.84. The van der Waals surface area contributed by atoms with Crippen LogP contribution in [0.3, 0.4) is 0 Å². The lowest BCUT2D eigenvalue weighted by atomic mass is 9.94. The standard InChI is InChI=1S/C13H22N2O/c1-2-3-11-13(16)15(8-14-11)12-7-9-4-5-10(12)6-9/h9-12,14H,2-8H2,1H3. The number of nitrogens with one attached hydrogen (secondary N) is 1. The van der Waals surface area contributed by atoms with Crippen molar-refractivity contribution in [1.29, 1.82) is 0 Å². The molecule has 2 saturated carbocycles. The molecule has 16 heavy (non-hydrogen) atoms. The molecule has 2 aliphatic carbocycles. The predicted octanol–water partition coefficient (Wildman–Crippen LogP) is 1.73. The summed E-state index contributed by atoms with van der Waals surface area (Å²) in [6.45, 7) is 2.95. The molecule has 1 heterocycles. The number of carbonyl (C=O) groups is 1. The molecule has 0 spiro atoms. The maximum absolute atomic E-state index is 12.2. The molecule has 4 atom stereocenters. The molecule has 1 N–H and O–H groups in total. The number of carbonyl (C=O) groups excluding carboxylic acids is 1. The summed E-state index contributed by atoms with van der Waals surface area (Å²) >= 11 is 0. The molecule has 3 rings (SSSR count). The van der Waals surface area contributed by atoms with Crippen LogP contribution >= 0.6 is 0 Å². The highest BCUT2D eigenvalue weighted by Gasteiger charge is 2.46. The Kier molecular flexibility index (Phi) is 2.66. The second-order valence-corrected chi connectivity index (χ2v) is 5.75. The van der Waals surface area contributed by atoms with E-state index in [4.69, 9.17) is 0 Å². The van der Waals surface area contributed by atoms with Gasteiger partial charge < -0.3 is 4.90 Å². The third-order valence-electron chi connectivity index (χ3n) is 4.77.